The molecule has 12 heavy (non-hydrogen) atoms. The first kappa shape index (κ1) is 9.20. The van der Waals surface area contributed by atoms with Crippen LogP contribution in [0, 0.1) is 6.92 Å². The van der Waals surface area contributed by atoms with E-state index in [1.54, 1.807) is 0 Å². The zero-order valence-electron chi connectivity index (χ0n) is 7.56. The summed E-state index contributed by atoms with van der Waals surface area (Å²) in [5.41, 5.74) is 8.53. The van der Waals surface area contributed by atoms with Crippen LogP contribution in [0.5, 0.6) is 0 Å². The van der Waals surface area contributed by atoms with E-state index in [-0.39, 0.29) is 0 Å². The molecule has 0 amide bonds. The van der Waals surface area contributed by atoms with Gasteiger partial charge in [-0.2, -0.15) is 0 Å². The fourth-order valence-electron chi connectivity index (χ4n) is 1.08. The number of rotatable bonds is 1. The van der Waals surface area contributed by atoms with E-state index in [0.717, 1.165) is 22.0 Å². The average molecular weight is 185 g/mol. The third-order valence-corrected chi connectivity index (χ3v) is 2.20. The maximum atomic E-state index is 5.95. The van der Waals surface area contributed by atoms with E-state index in [0.29, 0.717) is 0 Å². The molecule has 1 rings (SSSR count). The van der Waals surface area contributed by atoms with Crippen LogP contribution in [0.1, 0.15) is 5.56 Å². The molecule has 0 aliphatic heterocycles. The summed E-state index contributed by atoms with van der Waals surface area (Å²) in [6.07, 6.45) is 0. The Hall–Kier alpha value is -0.890. The first-order valence-electron chi connectivity index (χ1n) is 3.75. The van der Waals surface area contributed by atoms with Gasteiger partial charge in [-0.25, -0.2) is 0 Å². The van der Waals surface area contributed by atoms with E-state index < -0.39 is 0 Å². The van der Waals surface area contributed by atoms with E-state index in [1.165, 1.54) is 0 Å². The molecule has 0 unspecified atom stereocenters. The Bertz CT molecular complexity index is 295. The number of hydrogen-bond acceptors (Lipinski definition) is 2. The minimum atomic E-state index is 0.757. The Balaban J connectivity index is 3.23. The molecule has 2 nitrogen and oxygen atoms in total. The van der Waals surface area contributed by atoms with Crippen LogP contribution in [-0.2, 0) is 0 Å². The Labute approximate surface area is 77.9 Å². The van der Waals surface area contributed by atoms with Gasteiger partial charge in [0.1, 0.15) is 0 Å². The van der Waals surface area contributed by atoms with Gasteiger partial charge >= 0.3 is 0 Å². The Morgan fingerprint density at radius 3 is 2.42 bits per heavy atom. The summed E-state index contributed by atoms with van der Waals surface area (Å²) in [4.78, 5) is 1.95. The molecule has 66 valence electrons. The van der Waals surface area contributed by atoms with Crippen molar-refractivity contribution in [1.29, 1.82) is 0 Å². The summed E-state index contributed by atoms with van der Waals surface area (Å²) in [7, 11) is 3.88. The zero-order valence-corrected chi connectivity index (χ0v) is 8.31. The van der Waals surface area contributed by atoms with Crippen molar-refractivity contribution in [2.24, 2.45) is 0 Å². The van der Waals surface area contributed by atoms with Crippen LogP contribution in [0.2, 0.25) is 5.02 Å². The largest absolute Gasteiger partial charge is 0.397 e. The topological polar surface area (TPSA) is 29.3 Å². The highest BCUT2D eigenvalue weighted by atomic mass is 35.5. The van der Waals surface area contributed by atoms with Crippen molar-refractivity contribution in [3.05, 3.63) is 22.7 Å². The summed E-state index contributed by atoms with van der Waals surface area (Å²) in [6, 6.07) is 3.77. The van der Waals surface area contributed by atoms with Crippen molar-refractivity contribution in [3.63, 3.8) is 0 Å². The van der Waals surface area contributed by atoms with Gasteiger partial charge in [-0.05, 0) is 24.6 Å². The maximum Gasteiger partial charge on any atom is 0.0609 e. The second-order valence-corrected chi connectivity index (χ2v) is 3.46. The third-order valence-electron chi connectivity index (χ3n) is 1.79. The lowest BCUT2D eigenvalue weighted by atomic mass is 10.2. The Morgan fingerprint density at radius 2 is 1.92 bits per heavy atom. The number of anilines is 2. The van der Waals surface area contributed by atoms with Crippen LogP contribution in [0.3, 0.4) is 0 Å². The highest BCUT2D eigenvalue weighted by molar-refractivity contribution is 6.31. The van der Waals surface area contributed by atoms with Crippen LogP contribution in [0.25, 0.3) is 0 Å². The normalized spacial score (nSPS) is 10.0. The van der Waals surface area contributed by atoms with E-state index in [9.17, 15) is 0 Å². The lowest BCUT2D eigenvalue weighted by Crippen LogP contribution is -2.11. The molecule has 0 heterocycles. The molecule has 3 heteroatoms. The van der Waals surface area contributed by atoms with E-state index in [2.05, 4.69) is 0 Å². The molecule has 0 aromatic heterocycles. The number of halogens is 1. The highest BCUT2D eigenvalue weighted by Crippen LogP contribution is 2.28. The van der Waals surface area contributed by atoms with Gasteiger partial charge in [0.25, 0.3) is 0 Å². The molecule has 0 atom stereocenters. The molecule has 0 radical (unpaired) electrons. The number of aryl methyl sites for hydroxylation is 1. The van der Waals surface area contributed by atoms with Crippen molar-refractivity contribution in [1.82, 2.24) is 0 Å². The summed E-state index contributed by atoms with van der Waals surface area (Å²) in [5, 5.41) is 0.757. The van der Waals surface area contributed by atoms with Crippen LogP contribution in [0.4, 0.5) is 11.4 Å². The van der Waals surface area contributed by atoms with Crippen molar-refractivity contribution >= 4 is 23.0 Å². The van der Waals surface area contributed by atoms with Crippen molar-refractivity contribution in [2.45, 2.75) is 6.92 Å². The van der Waals surface area contributed by atoms with Crippen LogP contribution in [-0.4, -0.2) is 14.1 Å². The number of nitrogen functional groups attached to an aromatic ring is 1. The van der Waals surface area contributed by atoms with E-state index in [4.69, 9.17) is 17.3 Å². The molecule has 0 saturated heterocycles. The molecular weight excluding hydrogens is 172 g/mol. The van der Waals surface area contributed by atoms with Gasteiger partial charge in [0.2, 0.25) is 0 Å². The van der Waals surface area contributed by atoms with Crippen molar-refractivity contribution in [3.8, 4) is 0 Å². The monoisotopic (exact) mass is 184 g/mol. The zero-order chi connectivity index (χ0) is 9.30. The predicted molar refractivity (Wildman–Crippen MR) is 54.9 cm³/mol. The molecule has 0 bridgehead atoms. The van der Waals surface area contributed by atoms with Gasteiger partial charge in [0.15, 0.2) is 0 Å². The molecule has 0 fully saturated rings. The summed E-state index contributed by atoms with van der Waals surface area (Å²) in [6.45, 7) is 1.94. The summed E-state index contributed by atoms with van der Waals surface area (Å²) in [5.74, 6) is 0. The predicted octanol–water partition coefficient (Wildman–Crippen LogP) is 2.30. The fourth-order valence-corrected chi connectivity index (χ4v) is 1.24. The van der Waals surface area contributed by atoms with Crippen molar-refractivity contribution in [2.75, 3.05) is 24.7 Å². The van der Waals surface area contributed by atoms with E-state index in [1.807, 2.05) is 38.1 Å². The van der Waals surface area contributed by atoms with Gasteiger partial charge in [0, 0.05) is 19.1 Å². The van der Waals surface area contributed by atoms with Gasteiger partial charge in [0.05, 0.1) is 11.4 Å². The number of nitrogens with zero attached hydrogens (tertiary/aromatic N) is 1. The smallest absolute Gasteiger partial charge is 0.0609 e. The molecule has 2 N–H and O–H groups in total. The molecule has 0 saturated carbocycles. The van der Waals surface area contributed by atoms with Crippen LogP contribution >= 0.6 is 11.6 Å². The quantitative estimate of drug-likeness (QED) is 0.679. The number of benzene rings is 1. The molecule has 0 aliphatic rings. The molecule has 0 spiro atoms. The SMILES string of the molecule is Cc1cc(N)c(N(C)C)cc1Cl. The standard InChI is InChI=1S/C9H13ClN2/c1-6-4-8(11)9(12(2)3)5-7(6)10/h4-5H,11H2,1-3H3. The Morgan fingerprint density at radius 1 is 1.33 bits per heavy atom. The van der Waals surface area contributed by atoms with Gasteiger partial charge in [-0.3, -0.25) is 0 Å². The first-order chi connectivity index (χ1) is 5.52. The average Bonchev–Trinajstić information content (AvgIpc) is 1.96. The van der Waals surface area contributed by atoms with Crippen LogP contribution < -0.4 is 10.6 Å². The first-order valence-corrected chi connectivity index (χ1v) is 4.13. The summed E-state index contributed by atoms with van der Waals surface area (Å²) >= 11 is 5.95. The van der Waals surface area contributed by atoms with Crippen LogP contribution in [0.15, 0.2) is 12.1 Å². The van der Waals surface area contributed by atoms with Gasteiger partial charge < -0.3 is 10.6 Å². The second-order valence-electron chi connectivity index (χ2n) is 3.05. The minimum absolute atomic E-state index is 0.757. The number of hydrogen-bond donors (Lipinski definition) is 1. The summed E-state index contributed by atoms with van der Waals surface area (Å²) < 4.78 is 0. The molecule has 1 aromatic carbocycles. The van der Waals surface area contributed by atoms with E-state index >= 15 is 0 Å². The van der Waals surface area contributed by atoms with Gasteiger partial charge in [-0.1, -0.05) is 11.6 Å². The third kappa shape index (κ3) is 1.64. The lowest BCUT2D eigenvalue weighted by molar-refractivity contribution is 1.13. The molecular formula is C9H13ClN2. The minimum Gasteiger partial charge on any atom is -0.397 e. The Kier molecular flexibility index (Phi) is 2.48. The lowest BCUT2D eigenvalue weighted by Gasteiger charge is -2.16. The van der Waals surface area contributed by atoms with Crippen molar-refractivity contribution < 1.29 is 0 Å². The molecule has 0 aliphatic carbocycles. The van der Waals surface area contributed by atoms with Gasteiger partial charge in [-0.15, -0.1) is 0 Å². The highest BCUT2D eigenvalue weighted by Gasteiger charge is 2.04. The fraction of sp³-hybridized carbons (Fsp3) is 0.333. The second kappa shape index (κ2) is 3.23. The number of nitrogens with two attached hydrogens (primary N) is 1. The maximum absolute atomic E-state index is 5.95. The molecule has 1 aromatic rings.